The number of carbonyl (C=O) groups excluding carboxylic acids is 1. The fourth-order valence-electron chi connectivity index (χ4n) is 5.58. The van der Waals surface area contributed by atoms with Crippen LogP contribution in [-0.2, 0) is 6.54 Å². The van der Waals surface area contributed by atoms with E-state index in [1.54, 1.807) is 30.9 Å². The fourth-order valence-corrected chi connectivity index (χ4v) is 5.58. The van der Waals surface area contributed by atoms with Crippen molar-refractivity contribution in [2.24, 2.45) is 0 Å². The zero-order valence-corrected chi connectivity index (χ0v) is 27.4. The Morgan fingerprint density at radius 2 is 1.81 bits per heavy atom. The number of aromatic nitrogens is 4. The zero-order chi connectivity index (χ0) is 33.3. The normalized spacial score (nSPS) is 11.2. The number of hydrogen-bond acceptors (Lipinski definition) is 6. The largest absolute Gasteiger partial charge is 0.494 e. The van der Waals surface area contributed by atoms with Crippen molar-refractivity contribution in [3.05, 3.63) is 101 Å². The van der Waals surface area contributed by atoms with Gasteiger partial charge in [0.1, 0.15) is 17.1 Å². The topological polar surface area (TPSA) is 129 Å². The van der Waals surface area contributed by atoms with E-state index in [0.29, 0.717) is 24.1 Å². The third kappa shape index (κ3) is 8.05. The molecule has 10 nitrogen and oxygen atoms in total. The fraction of sp³-hybridized carbons (Fsp3) is 0.324. The summed E-state index contributed by atoms with van der Waals surface area (Å²) in [6.45, 7) is 10.0. The van der Waals surface area contributed by atoms with Crippen molar-refractivity contribution in [1.82, 2.24) is 19.5 Å². The van der Waals surface area contributed by atoms with Gasteiger partial charge in [0.15, 0.2) is 0 Å². The number of aryl methyl sites for hydroxylation is 1. The number of carbonyl (C=O) groups is 1. The highest BCUT2D eigenvalue weighted by molar-refractivity contribution is 6.03. The summed E-state index contributed by atoms with van der Waals surface area (Å²) in [6.07, 6.45) is 8.66. The molecule has 0 unspecified atom stereocenters. The van der Waals surface area contributed by atoms with E-state index in [4.69, 9.17) is 4.74 Å². The Morgan fingerprint density at radius 1 is 1.02 bits per heavy atom. The van der Waals surface area contributed by atoms with Gasteiger partial charge in [-0.2, -0.15) is 5.26 Å². The second-order valence-electron chi connectivity index (χ2n) is 12.1. The molecule has 2 N–H and O–H groups in total. The lowest BCUT2D eigenvalue weighted by Gasteiger charge is -2.26. The van der Waals surface area contributed by atoms with Crippen LogP contribution >= 0.6 is 0 Å². The SMILES string of the molecule is CC(C)c1cc(-c2cccc(OCCCn3ccnc3)c2)cc(C(C)C)c1NC(=O)N(CCCC#N)c1cc2cccnc2[nH]c1=O. The molecular formula is C37H41N7O3. The molecule has 0 saturated carbocycles. The predicted octanol–water partition coefficient (Wildman–Crippen LogP) is 7.84. The van der Waals surface area contributed by atoms with Crippen molar-refractivity contribution in [2.75, 3.05) is 23.4 Å². The van der Waals surface area contributed by atoms with Crippen molar-refractivity contribution >= 4 is 28.4 Å². The average molecular weight is 632 g/mol. The molecular weight excluding hydrogens is 590 g/mol. The number of urea groups is 1. The van der Waals surface area contributed by atoms with Gasteiger partial charge < -0.3 is 19.6 Å². The highest BCUT2D eigenvalue weighted by Gasteiger charge is 2.24. The predicted molar refractivity (Wildman–Crippen MR) is 186 cm³/mol. The molecule has 3 aromatic heterocycles. The Morgan fingerprint density at radius 3 is 2.51 bits per heavy atom. The summed E-state index contributed by atoms with van der Waals surface area (Å²) in [7, 11) is 0. The Labute approximate surface area is 275 Å². The molecule has 3 heterocycles. The molecule has 0 atom stereocenters. The Hall–Kier alpha value is -5.43. The molecule has 0 bridgehead atoms. The molecule has 2 amide bonds. The van der Waals surface area contributed by atoms with Crippen LogP contribution in [0.3, 0.4) is 0 Å². The van der Waals surface area contributed by atoms with Gasteiger partial charge in [0.25, 0.3) is 5.56 Å². The van der Waals surface area contributed by atoms with Crippen LogP contribution in [0.1, 0.15) is 69.9 Å². The van der Waals surface area contributed by atoms with Crippen LogP contribution in [0.4, 0.5) is 16.2 Å². The van der Waals surface area contributed by atoms with Crippen molar-refractivity contribution < 1.29 is 9.53 Å². The molecule has 0 fully saturated rings. The van der Waals surface area contributed by atoms with Gasteiger partial charge in [-0.25, -0.2) is 14.8 Å². The van der Waals surface area contributed by atoms with E-state index in [1.807, 2.05) is 29.0 Å². The molecule has 242 valence electrons. The molecule has 0 saturated heterocycles. The number of nitriles is 1. The van der Waals surface area contributed by atoms with E-state index >= 15 is 0 Å². The van der Waals surface area contributed by atoms with Crippen LogP contribution in [0, 0.1) is 11.3 Å². The van der Waals surface area contributed by atoms with Crippen molar-refractivity contribution in [1.29, 1.82) is 5.26 Å². The van der Waals surface area contributed by atoms with Gasteiger partial charge in [0, 0.05) is 49.2 Å². The number of amides is 2. The number of hydrogen-bond donors (Lipinski definition) is 2. The van der Waals surface area contributed by atoms with Gasteiger partial charge in [-0.1, -0.05) is 39.8 Å². The number of H-pyrrole nitrogens is 1. The third-order valence-electron chi connectivity index (χ3n) is 8.03. The van der Waals surface area contributed by atoms with Crippen LogP contribution in [0.5, 0.6) is 5.75 Å². The van der Waals surface area contributed by atoms with Gasteiger partial charge in [-0.3, -0.25) is 9.69 Å². The van der Waals surface area contributed by atoms with E-state index < -0.39 is 11.6 Å². The number of nitrogens with zero attached hydrogens (tertiary/aromatic N) is 5. The maximum absolute atomic E-state index is 14.1. The molecule has 5 aromatic rings. The summed E-state index contributed by atoms with van der Waals surface area (Å²) >= 11 is 0. The first-order chi connectivity index (χ1) is 22.7. The van der Waals surface area contributed by atoms with E-state index in [0.717, 1.165) is 46.7 Å². The lowest BCUT2D eigenvalue weighted by Crippen LogP contribution is -2.39. The van der Waals surface area contributed by atoms with E-state index in [9.17, 15) is 14.9 Å². The Balaban J connectivity index is 1.45. The first-order valence-corrected chi connectivity index (χ1v) is 16.1. The minimum atomic E-state index is -0.431. The Bertz CT molecular complexity index is 1890. The maximum atomic E-state index is 14.1. The Kier molecular flexibility index (Phi) is 10.7. The number of anilines is 2. The molecule has 2 aromatic carbocycles. The van der Waals surface area contributed by atoms with Gasteiger partial charge in [0.05, 0.1) is 19.0 Å². The number of aromatic amines is 1. The molecule has 47 heavy (non-hydrogen) atoms. The zero-order valence-electron chi connectivity index (χ0n) is 27.4. The van der Waals surface area contributed by atoms with E-state index in [-0.39, 0.29) is 30.5 Å². The first-order valence-electron chi connectivity index (χ1n) is 16.1. The van der Waals surface area contributed by atoms with Crippen LogP contribution in [0.15, 0.2) is 84.3 Å². The van der Waals surface area contributed by atoms with Gasteiger partial charge in [-0.15, -0.1) is 0 Å². The van der Waals surface area contributed by atoms with Crippen LogP contribution in [-0.4, -0.2) is 38.7 Å². The van der Waals surface area contributed by atoms with Crippen LogP contribution in [0.2, 0.25) is 0 Å². The summed E-state index contributed by atoms with van der Waals surface area (Å²) in [6, 6.07) is 19.3. The standard InChI is InChI=1S/C37H41N7O3/c1-25(2)31-21-29(27-10-7-12-30(20-27)47-19-9-16-43-18-15-39-24-43)22-32(26(3)4)34(31)41-37(46)44(17-6-5-13-38)33-23-28-11-8-14-40-35(28)42-36(33)45/h7-8,10-12,14-15,18,20-26H,5-6,9,16-17,19H2,1-4H3,(H,41,46)(H,40,42,45). The van der Waals surface area contributed by atoms with Crippen molar-refractivity contribution in [3.63, 3.8) is 0 Å². The number of benzene rings is 2. The number of imidazole rings is 1. The lowest BCUT2D eigenvalue weighted by molar-refractivity contribution is 0.256. The minimum absolute atomic E-state index is 0.0903. The highest BCUT2D eigenvalue weighted by Crippen LogP contribution is 2.38. The minimum Gasteiger partial charge on any atom is -0.494 e. The van der Waals surface area contributed by atoms with Crippen molar-refractivity contribution in [3.8, 4) is 22.9 Å². The number of unbranched alkanes of at least 4 members (excludes halogenated alkanes) is 1. The summed E-state index contributed by atoms with van der Waals surface area (Å²) in [4.78, 5) is 39.8. The number of nitrogens with one attached hydrogen (secondary N) is 2. The molecule has 5 rings (SSSR count). The third-order valence-corrected chi connectivity index (χ3v) is 8.03. The number of rotatable bonds is 13. The number of ether oxygens (including phenoxy) is 1. The molecule has 0 aliphatic carbocycles. The second kappa shape index (κ2) is 15.2. The summed E-state index contributed by atoms with van der Waals surface area (Å²) in [5.41, 5.74) is 4.99. The second-order valence-corrected chi connectivity index (χ2v) is 12.1. The average Bonchev–Trinajstić information content (AvgIpc) is 3.58. The van der Waals surface area contributed by atoms with Crippen LogP contribution < -0.4 is 20.5 Å². The van der Waals surface area contributed by atoms with Gasteiger partial charge in [0.2, 0.25) is 0 Å². The van der Waals surface area contributed by atoms with E-state index in [2.05, 4.69) is 78.3 Å². The molecule has 10 heteroatoms. The van der Waals surface area contributed by atoms with E-state index in [1.165, 1.54) is 4.90 Å². The summed E-state index contributed by atoms with van der Waals surface area (Å²) < 4.78 is 8.13. The van der Waals surface area contributed by atoms with Gasteiger partial charge in [-0.05, 0) is 89.4 Å². The number of fused-ring (bicyclic) bond motifs is 1. The summed E-state index contributed by atoms with van der Waals surface area (Å²) in [5, 5.41) is 13.1. The summed E-state index contributed by atoms with van der Waals surface area (Å²) in [5.74, 6) is 0.978. The highest BCUT2D eigenvalue weighted by atomic mass is 16.5. The first kappa shape index (κ1) is 32.9. The monoisotopic (exact) mass is 631 g/mol. The van der Waals surface area contributed by atoms with Crippen molar-refractivity contribution in [2.45, 2.75) is 65.3 Å². The van der Waals surface area contributed by atoms with Crippen LogP contribution in [0.25, 0.3) is 22.2 Å². The molecule has 0 aliphatic heterocycles. The smallest absolute Gasteiger partial charge is 0.326 e. The number of pyridine rings is 2. The maximum Gasteiger partial charge on any atom is 0.326 e. The molecule has 0 aliphatic rings. The molecule has 0 spiro atoms. The molecule has 0 radical (unpaired) electrons. The quantitative estimate of drug-likeness (QED) is 0.127. The van der Waals surface area contributed by atoms with Gasteiger partial charge >= 0.3 is 6.03 Å². The lowest BCUT2D eigenvalue weighted by atomic mass is 9.88.